The van der Waals surface area contributed by atoms with Gasteiger partial charge in [0.05, 0.1) is 22.4 Å². The van der Waals surface area contributed by atoms with E-state index in [9.17, 15) is 0 Å². The molecule has 0 saturated carbocycles. The fourth-order valence-corrected chi connectivity index (χ4v) is 13.5. The molecule has 0 radical (unpaired) electrons. The number of benzene rings is 15. The van der Waals surface area contributed by atoms with Gasteiger partial charge in [-0.3, -0.25) is 0 Å². The summed E-state index contributed by atoms with van der Waals surface area (Å²) in [4.78, 5) is 4.74. The van der Waals surface area contributed by atoms with Crippen molar-refractivity contribution in [1.82, 2.24) is 4.57 Å². The van der Waals surface area contributed by atoms with Gasteiger partial charge >= 0.3 is 0 Å². The quantitative estimate of drug-likeness (QED) is 0.107. The molecule has 0 unspecified atom stereocenters. The molecular weight excluding hydrogens is 1070 g/mol. The molecule has 0 fully saturated rings. The van der Waals surface area contributed by atoms with Crippen LogP contribution in [0.5, 0.6) is 0 Å². The number of fused-ring (bicyclic) bond motifs is 5. The molecule has 15 aromatic carbocycles. The van der Waals surface area contributed by atoms with Crippen molar-refractivity contribution in [3.8, 4) is 72.4 Å². The summed E-state index contributed by atoms with van der Waals surface area (Å²) in [6.45, 7) is 0. The molecule has 0 spiro atoms. The van der Waals surface area contributed by atoms with E-state index >= 15 is 0 Å². The summed E-state index contributed by atoms with van der Waals surface area (Å²) in [5.41, 5.74) is 24.2. The number of para-hydroxylation sites is 4. The van der Waals surface area contributed by atoms with Gasteiger partial charge in [-0.15, -0.1) is 0 Å². The second-order valence-corrected chi connectivity index (χ2v) is 22.8. The molecule has 0 bridgehead atoms. The lowest BCUT2D eigenvalue weighted by Crippen LogP contribution is -2.11. The van der Waals surface area contributed by atoms with E-state index in [1.807, 2.05) is 0 Å². The molecule has 1 heterocycles. The van der Waals surface area contributed by atoms with Crippen LogP contribution in [0.25, 0.3) is 116 Å². The van der Waals surface area contributed by atoms with Crippen LogP contribution in [0.2, 0.25) is 0 Å². The smallest absolute Gasteiger partial charge is 0.0541 e. The molecule has 0 aliphatic carbocycles. The van der Waals surface area contributed by atoms with Crippen molar-refractivity contribution in [3.05, 3.63) is 358 Å². The standard InChI is InChI=1S/C86H59N3/c1-6-24-62(25-7-1)73-34-20-22-40-81(73)87(68-30-12-4-13-31-68)70-50-42-60(43-51-70)66-48-56-83-79(58-66)80-59-67(61-44-52-71(53-45-61)88(69-32-14-5-15-33-69)82-41-23-21-35-74(82)63-26-8-2-9-27-63)49-57-84(80)89(83)72-54-46-65(47-55-72)86-77-38-18-16-36-75(77)85(64-28-10-3-11-29-64)76-37-17-19-39-78(76)86/h1-59H. The first-order valence-electron chi connectivity index (χ1n) is 30.6. The highest BCUT2D eigenvalue weighted by atomic mass is 15.1. The molecule has 0 aliphatic rings. The summed E-state index contributed by atoms with van der Waals surface area (Å²) in [5, 5.41) is 7.36. The third-order valence-corrected chi connectivity index (χ3v) is 17.6. The number of hydrogen-bond donors (Lipinski definition) is 0. The molecule has 1 aromatic heterocycles. The van der Waals surface area contributed by atoms with E-state index in [4.69, 9.17) is 0 Å². The normalized spacial score (nSPS) is 11.4. The monoisotopic (exact) mass is 1130 g/mol. The Morgan fingerprint density at radius 3 is 0.876 bits per heavy atom. The molecule has 0 aliphatic heterocycles. The summed E-state index contributed by atoms with van der Waals surface area (Å²) in [7, 11) is 0. The van der Waals surface area contributed by atoms with Crippen LogP contribution in [0.1, 0.15) is 0 Å². The van der Waals surface area contributed by atoms with Crippen molar-refractivity contribution in [2.24, 2.45) is 0 Å². The Kier molecular flexibility index (Phi) is 13.6. The van der Waals surface area contributed by atoms with Gasteiger partial charge in [-0.1, -0.05) is 261 Å². The third-order valence-electron chi connectivity index (χ3n) is 17.6. The van der Waals surface area contributed by atoms with Crippen LogP contribution < -0.4 is 9.80 Å². The molecule has 0 atom stereocenters. The zero-order valence-electron chi connectivity index (χ0n) is 48.9. The van der Waals surface area contributed by atoms with Crippen LogP contribution in [0, 0.1) is 0 Å². The SMILES string of the molecule is c1ccc(-c2ccccc2N(c2ccccc2)c2ccc(-c3ccc4c(c3)c3cc(-c5ccc(N(c6ccccc6)c6ccccc6-c6ccccc6)cc5)ccc3n4-c3ccc(-c4c5ccccc5c(-c5ccccc5)c5ccccc45)cc3)cc2)cc1. The van der Waals surface area contributed by atoms with E-state index < -0.39 is 0 Å². The lowest BCUT2D eigenvalue weighted by molar-refractivity contribution is 1.18. The molecule has 418 valence electrons. The predicted molar refractivity (Wildman–Crippen MR) is 378 cm³/mol. The summed E-state index contributed by atoms with van der Waals surface area (Å²) in [6.07, 6.45) is 0. The zero-order chi connectivity index (χ0) is 59.0. The molecule has 3 nitrogen and oxygen atoms in total. The molecule has 16 rings (SSSR count). The van der Waals surface area contributed by atoms with Gasteiger partial charge in [-0.25, -0.2) is 0 Å². The first-order chi connectivity index (χ1) is 44.2. The van der Waals surface area contributed by atoms with E-state index in [0.717, 1.165) is 73.1 Å². The van der Waals surface area contributed by atoms with Crippen LogP contribution in [-0.4, -0.2) is 4.57 Å². The Balaban J connectivity index is 0.821. The fourth-order valence-electron chi connectivity index (χ4n) is 13.5. The Morgan fingerprint density at radius 1 is 0.191 bits per heavy atom. The van der Waals surface area contributed by atoms with Gasteiger partial charge in [-0.05, 0) is 174 Å². The number of hydrogen-bond acceptors (Lipinski definition) is 2. The van der Waals surface area contributed by atoms with E-state index in [2.05, 4.69) is 372 Å². The van der Waals surface area contributed by atoms with Crippen molar-refractivity contribution in [2.45, 2.75) is 0 Å². The van der Waals surface area contributed by atoms with E-state index in [1.54, 1.807) is 0 Å². The minimum absolute atomic E-state index is 1.08. The lowest BCUT2D eigenvalue weighted by atomic mass is 9.86. The van der Waals surface area contributed by atoms with Crippen LogP contribution >= 0.6 is 0 Å². The molecular formula is C86H59N3. The Bertz CT molecular complexity index is 4910. The highest BCUT2D eigenvalue weighted by Gasteiger charge is 2.22. The van der Waals surface area contributed by atoms with Gasteiger partial charge in [0.2, 0.25) is 0 Å². The lowest BCUT2D eigenvalue weighted by Gasteiger charge is -2.28. The Hall–Kier alpha value is -11.8. The van der Waals surface area contributed by atoms with E-state index in [0.29, 0.717) is 0 Å². The summed E-state index contributed by atoms with van der Waals surface area (Å²) in [5.74, 6) is 0. The second-order valence-electron chi connectivity index (χ2n) is 22.8. The summed E-state index contributed by atoms with van der Waals surface area (Å²) in [6, 6.07) is 130. The van der Waals surface area contributed by atoms with Crippen molar-refractivity contribution in [3.63, 3.8) is 0 Å². The van der Waals surface area contributed by atoms with Gasteiger partial charge in [-0.2, -0.15) is 0 Å². The third kappa shape index (κ3) is 9.68. The molecule has 0 saturated heterocycles. The zero-order valence-corrected chi connectivity index (χ0v) is 48.9. The summed E-state index contributed by atoms with van der Waals surface area (Å²) < 4.78 is 2.45. The maximum atomic E-state index is 2.45. The Morgan fingerprint density at radius 2 is 0.483 bits per heavy atom. The molecule has 3 heteroatoms. The summed E-state index contributed by atoms with van der Waals surface area (Å²) >= 11 is 0. The highest BCUT2D eigenvalue weighted by Crippen LogP contribution is 2.47. The minimum Gasteiger partial charge on any atom is -0.310 e. The topological polar surface area (TPSA) is 11.4 Å². The molecule has 16 aromatic rings. The van der Waals surface area contributed by atoms with E-state index in [-0.39, 0.29) is 0 Å². The van der Waals surface area contributed by atoms with Crippen molar-refractivity contribution in [2.75, 3.05) is 9.80 Å². The van der Waals surface area contributed by atoms with Gasteiger partial charge in [0.25, 0.3) is 0 Å². The van der Waals surface area contributed by atoms with Crippen LogP contribution in [-0.2, 0) is 0 Å². The largest absolute Gasteiger partial charge is 0.310 e. The number of aromatic nitrogens is 1. The van der Waals surface area contributed by atoms with Crippen molar-refractivity contribution in [1.29, 1.82) is 0 Å². The van der Waals surface area contributed by atoms with Crippen LogP contribution in [0.15, 0.2) is 358 Å². The maximum Gasteiger partial charge on any atom is 0.0541 e. The molecule has 89 heavy (non-hydrogen) atoms. The van der Waals surface area contributed by atoms with Crippen molar-refractivity contribution >= 4 is 77.5 Å². The van der Waals surface area contributed by atoms with Gasteiger partial charge < -0.3 is 14.4 Å². The highest BCUT2D eigenvalue weighted by molar-refractivity contribution is 6.21. The van der Waals surface area contributed by atoms with Gasteiger partial charge in [0.1, 0.15) is 0 Å². The first-order valence-corrected chi connectivity index (χ1v) is 30.6. The second kappa shape index (κ2) is 22.9. The van der Waals surface area contributed by atoms with Crippen LogP contribution in [0.3, 0.4) is 0 Å². The Labute approximate surface area is 519 Å². The molecule has 0 N–H and O–H groups in total. The fraction of sp³-hybridized carbons (Fsp3) is 0. The van der Waals surface area contributed by atoms with Crippen molar-refractivity contribution < 1.29 is 0 Å². The predicted octanol–water partition coefficient (Wildman–Crippen LogP) is 24.0. The van der Waals surface area contributed by atoms with Gasteiger partial charge in [0.15, 0.2) is 0 Å². The average Bonchev–Trinajstić information content (AvgIpc) is 1.81. The number of nitrogens with zero attached hydrogens (tertiary/aromatic N) is 3. The van der Waals surface area contributed by atoms with Gasteiger partial charge in [0, 0.05) is 50.3 Å². The molecule has 0 amide bonds. The maximum absolute atomic E-state index is 2.45. The average molecular weight is 1130 g/mol. The number of anilines is 6. The number of rotatable bonds is 13. The van der Waals surface area contributed by atoms with Crippen LogP contribution in [0.4, 0.5) is 34.1 Å². The minimum atomic E-state index is 1.08. The van der Waals surface area contributed by atoms with E-state index in [1.165, 1.54) is 76.8 Å². The first kappa shape index (κ1) is 52.7.